The number of rotatable bonds is 8. The minimum Gasteiger partial charge on any atom is -0.483 e. The molecule has 3 rings (SSSR count). The third-order valence-electron chi connectivity index (χ3n) is 4.01. The van der Waals surface area contributed by atoms with Crippen LogP contribution in [-0.4, -0.2) is 29.9 Å². The maximum Gasteiger partial charge on any atom is 0.262 e. The van der Waals surface area contributed by atoms with Gasteiger partial charge in [-0.15, -0.1) is 0 Å². The molecule has 6 nitrogen and oxygen atoms in total. The fraction of sp³-hybridized carbons (Fsp3) is 0.136. The van der Waals surface area contributed by atoms with Crippen LogP contribution in [-0.2, 0) is 11.2 Å². The molecule has 0 fully saturated rings. The van der Waals surface area contributed by atoms with E-state index in [4.69, 9.17) is 4.74 Å². The fourth-order valence-corrected chi connectivity index (χ4v) is 2.86. The van der Waals surface area contributed by atoms with Crippen LogP contribution in [0.5, 0.6) is 5.75 Å². The topological polar surface area (TPSA) is 80.3 Å². The Kier molecular flexibility index (Phi) is 7.35. The number of hydrogen-bond donors (Lipinski definition) is 2. The van der Waals surface area contributed by atoms with Gasteiger partial charge >= 0.3 is 0 Å². The summed E-state index contributed by atoms with van der Waals surface area (Å²) in [6.07, 6.45) is 2.35. The first-order valence-electron chi connectivity index (χ1n) is 9.07. The molecule has 0 aliphatic heterocycles. The van der Waals surface area contributed by atoms with Gasteiger partial charge in [-0.2, -0.15) is 0 Å². The summed E-state index contributed by atoms with van der Waals surface area (Å²) in [6, 6.07) is 19.7. The average molecular weight is 454 g/mol. The lowest BCUT2D eigenvalue weighted by Crippen LogP contribution is -2.27. The largest absolute Gasteiger partial charge is 0.483 e. The van der Waals surface area contributed by atoms with Gasteiger partial charge in [0.15, 0.2) is 6.61 Å². The molecule has 0 saturated heterocycles. The van der Waals surface area contributed by atoms with E-state index in [1.165, 1.54) is 0 Å². The molecule has 0 unspecified atom stereocenters. The van der Waals surface area contributed by atoms with Crippen molar-refractivity contribution >= 4 is 33.4 Å². The molecule has 2 amide bonds. The predicted molar refractivity (Wildman–Crippen MR) is 115 cm³/mol. The third-order valence-corrected chi connectivity index (χ3v) is 4.54. The molecule has 2 N–H and O–H groups in total. The van der Waals surface area contributed by atoms with E-state index in [0.717, 1.165) is 10.2 Å². The third kappa shape index (κ3) is 6.43. The van der Waals surface area contributed by atoms with Crippen molar-refractivity contribution in [3.63, 3.8) is 0 Å². The monoisotopic (exact) mass is 453 g/mol. The molecule has 148 valence electrons. The molecule has 3 aromatic rings. The highest BCUT2D eigenvalue weighted by Crippen LogP contribution is 2.18. The molecule has 7 heteroatoms. The Morgan fingerprint density at radius 1 is 0.966 bits per heavy atom. The number of nitrogens with zero attached hydrogens (tertiary/aromatic N) is 1. The molecule has 0 saturated carbocycles. The first kappa shape index (κ1) is 20.5. The Labute approximate surface area is 177 Å². The van der Waals surface area contributed by atoms with Gasteiger partial charge in [-0.3, -0.25) is 14.6 Å². The van der Waals surface area contributed by atoms with Crippen molar-refractivity contribution in [2.45, 2.75) is 6.42 Å². The van der Waals surface area contributed by atoms with Gasteiger partial charge in [-0.25, -0.2) is 0 Å². The number of halogens is 1. The van der Waals surface area contributed by atoms with Crippen LogP contribution in [0.15, 0.2) is 77.4 Å². The molecule has 1 aromatic heterocycles. The predicted octanol–water partition coefficient (Wildman–Crippen LogP) is 3.83. The number of pyridine rings is 1. The molecule has 0 aliphatic rings. The van der Waals surface area contributed by atoms with Crippen molar-refractivity contribution in [1.29, 1.82) is 0 Å². The van der Waals surface area contributed by atoms with Gasteiger partial charge in [0.05, 0.1) is 5.56 Å². The normalized spacial score (nSPS) is 10.2. The fourth-order valence-electron chi connectivity index (χ4n) is 2.60. The van der Waals surface area contributed by atoms with Gasteiger partial charge in [-0.1, -0.05) is 34.1 Å². The zero-order chi connectivity index (χ0) is 20.5. The minimum atomic E-state index is -0.308. The number of para-hydroxylation sites is 1. The molecular weight excluding hydrogens is 434 g/mol. The SMILES string of the molecule is O=C(COc1ccccc1C(=O)NCCc1ccccn1)Nc1ccc(Br)cc1. The lowest BCUT2D eigenvalue weighted by Gasteiger charge is -2.12. The van der Waals surface area contributed by atoms with E-state index in [0.29, 0.717) is 30.0 Å². The number of ether oxygens (including phenoxy) is 1. The van der Waals surface area contributed by atoms with Crippen LogP contribution in [0.2, 0.25) is 0 Å². The van der Waals surface area contributed by atoms with Crippen LogP contribution in [0, 0.1) is 0 Å². The van der Waals surface area contributed by atoms with Gasteiger partial charge < -0.3 is 15.4 Å². The van der Waals surface area contributed by atoms with Crippen LogP contribution in [0.3, 0.4) is 0 Å². The molecule has 29 heavy (non-hydrogen) atoms. The van der Waals surface area contributed by atoms with E-state index in [1.54, 1.807) is 42.6 Å². The average Bonchev–Trinajstić information content (AvgIpc) is 2.75. The summed E-state index contributed by atoms with van der Waals surface area (Å²) < 4.78 is 6.51. The molecular formula is C22H20BrN3O3. The lowest BCUT2D eigenvalue weighted by molar-refractivity contribution is -0.118. The molecule has 0 atom stereocenters. The number of benzene rings is 2. The molecule has 2 aromatic carbocycles. The smallest absolute Gasteiger partial charge is 0.262 e. The second-order valence-corrected chi connectivity index (χ2v) is 7.08. The standard InChI is InChI=1S/C22H20BrN3O3/c23-16-8-10-18(11-9-16)26-21(27)15-29-20-7-2-1-6-19(20)22(28)25-14-12-17-5-3-4-13-24-17/h1-11,13H,12,14-15H2,(H,25,28)(H,26,27). The Hall–Kier alpha value is -3.19. The highest BCUT2D eigenvalue weighted by Gasteiger charge is 2.13. The van der Waals surface area contributed by atoms with E-state index in [9.17, 15) is 9.59 Å². The Balaban J connectivity index is 1.53. The highest BCUT2D eigenvalue weighted by atomic mass is 79.9. The van der Waals surface area contributed by atoms with Crippen molar-refractivity contribution in [3.8, 4) is 5.75 Å². The van der Waals surface area contributed by atoms with Crippen LogP contribution >= 0.6 is 15.9 Å². The van der Waals surface area contributed by atoms with Crippen molar-refractivity contribution in [3.05, 3.63) is 88.7 Å². The first-order valence-corrected chi connectivity index (χ1v) is 9.86. The maximum absolute atomic E-state index is 12.5. The van der Waals surface area contributed by atoms with Gasteiger partial charge in [-0.05, 0) is 48.5 Å². The van der Waals surface area contributed by atoms with E-state index >= 15 is 0 Å². The number of aromatic nitrogens is 1. The molecule has 0 radical (unpaired) electrons. The lowest BCUT2D eigenvalue weighted by atomic mass is 10.2. The summed E-state index contributed by atoms with van der Waals surface area (Å²) in [7, 11) is 0. The first-order chi connectivity index (χ1) is 14.1. The number of anilines is 1. The van der Waals surface area contributed by atoms with Crippen LogP contribution < -0.4 is 15.4 Å². The molecule has 0 spiro atoms. The quantitative estimate of drug-likeness (QED) is 0.542. The van der Waals surface area contributed by atoms with Gasteiger partial charge in [0.25, 0.3) is 11.8 Å². The van der Waals surface area contributed by atoms with E-state index in [2.05, 4.69) is 31.5 Å². The van der Waals surface area contributed by atoms with Gasteiger partial charge in [0.1, 0.15) is 5.75 Å². The summed E-state index contributed by atoms with van der Waals surface area (Å²) in [5.41, 5.74) is 1.95. The maximum atomic E-state index is 12.5. The van der Waals surface area contributed by atoms with Crippen LogP contribution in [0.1, 0.15) is 16.1 Å². The number of carbonyl (C=O) groups excluding carboxylic acids is 2. The highest BCUT2D eigenvalue weighted by molar-refractivity contribution is 9.10. The summed E-state index contributed by atoms with van der Waals surface area (Å²) in [6.45, 7) is 0.253. The Morgan fingerprint density at radius 2 is 1.72 bits per heavy atom. The van der Waals surface area contributed by atoms with Crippen molar-refractivity contribution < 1.29 is 14.3 Å². The summed E-state index contributed by atoms with van der Waals surface area (Å²) in [5, 5.41) is 5.60. The zero-order valence-electron chi connectivity index (χ0n) is 15.6. The van der Waals surface area contributed by atoms with Gasteiger partial charge in [0.2, 0.25) is 0 Å². The molecule has 0 aliphatic carbocycles. The van der Waals surface area contributed by atoms with Gasteiger partial charge in [0, 0.05) is 35.0 Å². The minimum absolute atomic E-state index is 0.200. The zero-order valence-corrected chi connectivity index (χ0v) is 17.2. The number of hydrogen-bond acceptors (Lipinski definition) is 4. The van der Waals surface area contributed by atoms with Crippen molar-refractivity contribution in [2.75, 3.05) is 18.5 Å². The van der Waals surface area contributed by atoms with E-state index in [1.807, 2.05) is 30.3 Å². The van der Waals surface area contributed by atoms with Crippen LogP contribution in [0.4, 0.5) is 5.69 Å². The molecule has 1 heterocycles. The van der Waals surface area contributed by atoms with Crippen molar-refractivity contribution in [2.24, 2.45) is 0 Å². The number of carbonyl (C=O) groups is 2. The van der Waals surface area contributed by atoms with E-state index in [-0.39, 0.29) is 18.4 Å². The second-order valence-electron chi connectivity index (χ2n) is 6.17. The Bertz CT molecular complexity index is 963. The second kappa shape index (κ2) is 10.4. The molecule has 0 bridgehead atoms. The van der Waals surface area contributed by atoms with Crippen LogP contribution in [0.25, 0.3) is 0 Å². The summed E-state index contributed by atoms with van der Waals surface area (Å²) in [5.74, 6) is -0.212. The summed E-state index contributed by atoms with van der Waals surface area (Å²) >= 11 is 3.35. The Morgan fingerprint density at radius 3 is 2.48 bits per heavy atom. The summed E-state index contributed by atoms with van der Waals surface area (Å²) in [4.78, 5) is 28.9. The van der Waals surface area contributed by atoms with E-state index < -0.39 is 0 Å². The van der Waals surface area contributed by atoms with Crippen molar-refractivity contribution in [1.82, 2.24) is 10.3 Å². The number of amides is 2. The number of nitrogens with one attached hydrogen (secondary N) is 2.